The largest absolute Gasteiger partial charge is 0.271 e. The molecule has 0 fully saturated rings. The lowest BCUT2D eigenvalue weighted by atomic mass is 9.99. The van der Waals surface area contributed by atoms with Crippen LogP contribution in [0.3, 0.4) is 0 Å². The van der Waals surface area contributed by atoms with Crippen molar-refractivity contribution in [1.82, 2.24) is 15.0 Å². The Balaban J connectivity index is 1.93. The maximum Gasteiger partial charge on any atom is 0.0710 e. The van der Waals surface area contributed by atoms with E-state index in [0.29, 0.717) is 0 Å². The average molecular weight is 266 g/mol. The summed E-state index contributed by atoms with van der Waals surface area (Å²) in [6.45, 7) is 2.10. The van der Waals surface area contributed by atoms with Crippen molar-refractivity contribution in [3.05, 3.63) is 71.5 Å². The summed E-state index contributed by atoms with van der Waals surface area (Å²) in [5, 5.41) is 4.37. The minimum absolute atomic E-state index is 0.0525. The van der Waals surface area contributed by atoms with Gasteiger partial charge in [0, 0.05) is 11.8 Å². The van der Waals surface area contributed by atoms with E-state index in [2.05, 4.69) is 47.8 Å². The van der Waals surface area contributed by atoms with Crippen molar-refractivity contribution >= 4 is 5.52 Å². The second kappa shape index (κ2) is 5.45. The van der Waals surface area contributed by atoms with Gasteiger partial charge in [0.15, 0.2) is 0 Å². The molecule has 0 saturated heterocycles. The van der Waals surface area contributed by atoms with E-state index in [4.69, 9.17) is 5.84 Å². The summed E-state index contributed by atoms with van der Waals surface area (Å²) in [5.41, 5.74) is 7.65. The number of benzene rings is 1. The molecule has 0 radical (unpaired) electrons. The first-order valence-corrected chi connectivity index (χ1v) is 6.72. The molecule has 4 nitrogen and oxygen atoms in total. The van der Waals surface area contributed by atoms with Crippen molar-refractivity contribution < 1.29 is 0 Å². The highest BCUT2D eigenvalue weighted by Crippen LogP contribution is 2.22. The molecule has 1 aromatic carbocycles. The van der Waals surface area contributed by atoms with E-state index in [0.717, 1.165) is 17.5 Å². The Bertz CT molecular complexity index is 717. The van der Waals surface area contributed by atoms with Crippen molar-refractivity contribution in [3.63, 3.8) is 0 Å². The molecule has 0 aliphatic rings. The third-order valence-electron chi connectivity index (χ3n) is 3.56. The molecule has 3 N–H and O–H groups in total. The predicted molar refractivity (Wildman–Crippen MR) is 80.1 cm³/mol. The number of hydrazine groups is 1. The molecule has 102 valence electrons. The smallest absolute Gasteiger partial charge is 0.0710 e. The number of hydrogen-bond donors (Lipinski definition) is 2. The van der Waals surface area contributed by atoms with Gasteiger partial charge >= 0.3 is 0 Å². The number of aromatic nitrogens is 2. The van der Waals surface area contributed by atoms with E-state index in [1.54, 1.807) is 0 Å². The van der Waals surface area contributed by atoms with Gasteiger partial charge in [-0.25, -0.2) is 4.52 Å². The predicted octanol–water partition coefficient (Wildman–Crippen LogP) is 2.39. The number of nitrogens with two attached hydrogens (primary N) is 1. The van der Waals surface area contributed by atoms with Gasteiger partial charge in [-0.2, -0.15) is 5.10 Å². The summed E-state index contributed by atoms with van der Waals surface area (Å²) in [6.07, 6.45) is 4.67. The lowest BCUT2D eigenvalue weighted by molar-refractivity contribution is 0.555. The van der Waals surface area contributed by atoms with Gasteiger partial charge in [0.2, 0.25) is 0 Å². The van der Waals surface area contributed by atoms with E-state index < -0.39 is 0 Å². The molecule has 0 saturated carbocycles. The van der Waals surface area contributed by atoms with Gasteiger partial charge in [-0.05, 0) is 31.0 Å². The van der Waals surface area contributed by atoms with Gasteiger partial charge in [-0.3, -0.25) is 11.3 Å². The second-order valence-corrected chi connectivity index (χ2v) is 5.04. The molecule has 0 aliphatic heterocycles. The van der Waals surface area contributed by atoms with Crippen molar-refractivity contribution in [3.8, 4) is 0 Å². The summed E-state index contributed by atoms with van der Waals surface area (Å²) >= 11 is 0. The van der Waals surface area contributed by atoms with Crippen LogP contribution in [0, 0.1) is 6.92 Å². The quantitative estimate of drug-likeness (QED) is 0.563. The zero-order valence-electron chi connectivity index (χ0n) is 11.5. The molecule has 1 atom stereocenters. The minimum atomic E-state index is 0.0525. The first-order chi connectivity index (χ1) is 9.78. The molecular weight excluding hydrogens is 248 g/mol. The fraction of sp³-hybridized carbons (Fsp3) is 0.188. The first kappa shape index (κ1) is 12.8. The molecular formula is C16H18N4. The maximum atomic E-state index is 5.75. The highest BCUT2D eigenvalue weighted by molar-refractivity contribution is 5.55. The number of hydrogen-bond acceptors (Lipinski definition) is 3. The zero-order valence-corrected chi connectivity index (χ0v) is 11.5. The molecule has 20 heavy (non-hydrogen) atoms. The number of fused-ring (bicyclic) bond motifs is 1. The second-order valence-electron chi connectivity index (χ2n) is 5.04. The van der Waals surface area contributed by atoms with E-state index in [-0.39, 0.29) is 6.04 Å². The van der Waals surface area contributed by atoms with Crippen molar-refractivity contribution in [1.29, 1.82) is 0 Å². The Morgan fingerprint density at radius 3 is 2.95 bits per heavy atom. The maximum absolute atomic E-state index is 5.75. The van der Waals surface area contributed by atoms with Crippen LogP contribution in [0.2, 0.25) is 0 Å². The molecule has 3 rings (SSSR count). The Morgan fingerprint density at radius 1 is 1.25 bits per heavy atom. The van der Waals surface area contributed by atoms with Crippen LogP contribution in [0.15, 0.2) is 54.9 Å². The van der Waals surface area contributed by atoms with E-state index in [9.17, 15) is 0 Å². The van der Waals surface area contributed by atoms with E-state index in [1.165, 1.54) is 11.1 Å². The lowest BCUT2D eigenvalue weighted by Gasteiger charge is -2.15. The van der Waals surface area contributed by atoms with Crippen LogP contribution >= 0.6 is 0 Å². The van der Waals surface area contributed by atoms with Crippen molar-refractivity contribution in [2.75, 3.05) is 0 Å². The fourth-order valence-electron chi connectivity index (χ4n) is 2.56. The Hall–Kier alpha value is -2.17. The van der Waals surface area contributed by atoms with Gasteiger partial charge in [0.1, 0.15) is 0 Å². The molecule has 0 aliphatic carbocycles. The number of pyridine rings is 1. The standard InChI is InChI=1S/C16H18N4/c1-12-5-4-6-13(9-12)10-15(19-17)14-11-18-20-8-3-2-7-16(14)20/h2-9,11,15,19H,10,17H2,1H3. The number of nitrogens with one attached hydrogen (secondary N) is 1. The van der Waals surface area contributed by atoms with Crippen LogP contribution < -0.4 is 11.3 Å². The molecule has 3 aromatic rings. The van der Waals surface area contributed by atoms with Gasteiger partial charge in [0.25, 0.3) is 0 Å². The van der Waals surface area contributed by atoms with Gasteiger partial charge in [0.05, 0.1) is 17.8 Å². The molecule has 1 unspecified atom stereocenters. The summed E-state index contributed by atoms with van der Waals surface area (Å²) in [6, 6.07) is 14.6. The van der Waals surface area contributed by atoms with Crippen molar-refractivity contribution in [2.45, 2.75) is 19.4 Å². The summed E-state index contributed by atoms with van der Waals surface area (Å²) in [5.74, 6) is 5.75. The average Bonchev–Trinajstić information content (AvgIpc) is 2.89. The van der Waals surface area contributed by atoms with Crippen LogP contribution in [0.4, 0.5) is 0 Å². The first-order valence-electron chi connectivity index (χ1n) is 6.72. The molecule has 2 heterocycles. The van der Waals surface area contributed by atoms with Crippen LogP contribution in [-0.4, -0.2) is 9.61 Å². The SMILES string of the molecule is Cc1cccc(CC(NN)c2cnn3ccccc23)c1. The Labute approximate surface area is 118 Å². The molecule has 2 aromatic heterocycles. The highest BCUT2D eigenvalue weighted by atomic mass is 15.3. The fourth-order valence-corrected chi connectivity index (χ4v) is 2.56. The van der Waals surface area contributed by atoms with E-state index in [1.807, 2.05) is 29.0 Å². The van der Waals surface area contributed by atoms with Crippen LogP contribution in [0.25, 0.3) is 5.52 Å². The third kappa shape index (κ3) is 2.43. The number of rotatable bonds is 4. The normalized spacial score (nSPS) is 12.7. The third-order valence-corrected chi connectivity index (χ3v) is 3.56. The monoisotopic (exact) mass is 266 g/mol. The van der Waals surface area contributed by atoms with E-state index >= 15 is 0 Å². The molecule has 4 heteroatoms. The summed E-state index contributed by atoms with van der Waals surface area (Å²) in [7, 11) is 0. The lowest BCUT2D eigenvalue weighted by Crippen LogP contribution is -2.29. The summed E-state index contributed by atoms with van der Waals surface area (Å²) < 4.78 is 1.87. The van der Waals surface area contributed by atoms with Crippen molar-refractivity contribution in [2.24, 2.45) is 5.84 Å². The summed E-state index contributed by atoms with van der Waals surface area (Å²) in [4.78, 5) is 0. The highest BCUT2D eigenvalue weighted by Gasteiger charge is 2.15. The van der Waals surface area contributed by atoms with Crippen LogP contribution in [0.1, 0.15) is 22.7 Å². The Kier molecular flexibility index (Phi) is 3.50. The molecule has 0 amide bonds. The van der Waals surface area contributed by atoms with Gasteiger partial charge < -0.3 is 0 Å². The number of nitrogens with zero attached hydrogens (tertiary/aromatic N) is 2. The minimum Gasteiger partial charge on any atom is -0.271 e. The molecule has 0 spiro atoms. The Morgan fingerprint density at radius 2 is 2.15 bits per heavy atom. The van der Waals surface area contributed by atoms with Gasteiger partial charge in [-0.15, -0.1) is 0 Å². The van der Waals surface area contributed by atoms with Gasteiger partial charge in [-0.1, -0.05) is 35.9 Å². The zero-order chi connectivity index (χ0) is 13.9. The number of aryl methyl sites for hydroxylation is 1. The molecule has 0 bridgehead atoms. The van der Waals surface area contributed by atoms with Crippen LogP contribution in [-0.2, 0) is 6.42 Å². The van der Waals surface area contributed by atoms with Crippen LogP contribution in [0.5, 0.6) is 0 Å². The topological polar surface area (TPSA) is 55.3 Å².